The number of carbonyl (C=O) groups excluding carboxylic acids is 1. The van der Waals surface area contributed by atoms with Crippen LogP contribution in [0.15, 0.2) is 83.2 Å². The average molecular weight is 522 g/mol. The third-order valence-corrected chi connectivity index (χ3v) is 8.82. The summed E-state index contributed by atoms with van der Waals surface area (Å²) in [5, 5.41) is 2.76. The maximum absolute atomic E-state index is 13.9. The number of thiophene rings is 1. The van der Waals surface area contributed by atoms with E-state index in [4.69, 9.17) is 0 Å². The Hall–Kier alpha value is -3.07. The van der Waals surface area contributed by atoms with Crippen LogP contribution in [0.4, 0.5) is 0 Å². The standard InChI is InChI=1S/C28H31N3O3S2/c1-21(2)17-31(36(33,34)26-13-7-11-24-12-8-15-29-28(24)26)20-27(32)30(18-23-9-5-4-6-10-23)19-25-22(3)14-16-35-25/h4-16,21H,17-20H2,1-3H3. The topological polar surface area (TPSA) is 70.6 Å². The Morgan fingerprint density at radius 1 is 0.972 bits per heavy atom. The van der Waals surface area contributed by atoms with Crippen LogP contribution in [0.2, 0.25) is 0 Å². The van der Waals surface area contributed by atoms with Crippen LogP contribution in [-0.2, 0) is 27.9 Å². The molecule has 2 heterocycles. The molecule has 0 atom stereocenters. The lowest BCUT2D eigenvalue weighted by Crippen LogP contribution is -2.43. The highest BCUT2D eigenvalue weighted by Crippen LogP contribution is 2.26. The molecule has 0 aliphatic carbocycles. The maximum atomic E-state index is 13.9. The fourth-order valence-corrected chi connectivity index (χ4v) is 6.74. The van der Waals surface area contributed by atoms with Crippen LogP contribution in [0.25, 0.3) is 10.9 Å². The van der Waals surface area contributed by atoms with Crippen molar-refractivity contribution in [3.63, 3.8) is 0 Å². The largest absolute Gasteiger partial charge is 0.332 e. The third kappa shape index (κ3) is 6.00. The van der Waals surface area contributed by atoms with Gasteiger partial charge in [-0.25, -0.2) is 8.42 Å². The van der Waals surface area contributed by atoms with E-state index in [-0.39, 0.29) is 29.8 Å². The Kier molecular flexibility index (Phi) is 8.18. The van der Waals surface area contributed by atoms with Crippen molar-refractivity contribution in [1.29, 1.82) is 0 Å². The lowest BCUT2D eigenvalue weighted by molar-refractivity contribution is -0.132. The van der Waals surface area contributed by atoms with Gasteiger partial charge in [0, 0.05) is 29.5 Å². The van der Waals surface area contributed by atoms with Gasteiger partial charge in [0.25, 0.3) is 0 Å². The number of rotatable bonds is 10. The molecule has 36 heavy (non-hydrogen) atoms. The van der Waals surface area contributed by atoms with E-state index in [1.54, 1.807) is 40.6 Å². The van der Waals surface area contributed by atoms with Crippen LogP contribution in [0.3, 0.4) is 0 Å². The molecule has 2 aromatic heterocycles. The van der Waals surface area contributed by atoms with Gasteiger partial charge in [0.05, 0.1) is 18.6 Å². The number of para-hydroxylation sites is 1. The van der Waals surface area contributed by atoms with Gasteiger partial charge in [-0.05, 0) is 47.5 Å². The summed E-state index contributed by atoms with van der Waals surface area (Å²) in [6.07, 6.45) is 1.59. The highest BCUT2D eigenvalue weighted by atomic mass is 32.2. The van der Waals surface area contributed by atoms with E-state index in [0.717, 1.165) is 21.4 Å². The van der Waals surface area contributed by atoms with E-state index in [9.17, 15) is 13.2 Å². The predicted molar refractivity (Wildman–Crippen MR) is 145 cm³/mol. The molecule has 0 aliphatic rings. The lowest BCUT2D eigenvalue weighted by Gasteiger charge is -2.28. The van der Waals surface area contributed by atoms with E-state index in [2.05, 4.69) is 4.98 Å². The number of benzene rings is 2. The Balaban J connectivity index is 1.67. The van der Waals surface area contributed by atoms with Crippen LogP contribution in [-0.4, -0.2) is 41.6 Å². The van der Waals surface area contributed by atoms with E-state index in [1.807, 2.05) is 74.7 Å². The van der Waals surface area contributed by atoms with Gasteiger partial charge in [-0.1, -0.05) is 62.4 Å². The summed E-state index contributed by atoms with van der Waals surface area (Å²) in [4.78, 5) is 21.0. The number of nitrogens with zero attached hydrogens (tertiary/aromatic N) is 3. The fraction of sp³-hybridized carbons (Fsp3) is 0.286. The number of fused-ring (bicyclic) bond motifs is 1. The molecule has 0 spiro atoms. The first kappa shape index (κ1) is 26.0. The SMILES string of the molecule is Cc1ccsc1CN(Cc1ccccc1)C(=O)CN(CC(C)C)S(=O)(=O)c1cccc2cccnc12. The zero-order valence-electron chi connectivity index (χ0n) is 20.8. The number of sulfonamides is 1. The van der Waals surface area contributed by atoms with E-state index in [1.165, 1.54) is 4.31 Å². The van der Waals surface area contributed by atoms with Gasteiger partial charge in [0.1, 0.15) is 4.90 Å². The number of carbonyl (C=O) groups is 1. The van der Waals surface area contributed by atoms with Crippen LogP contribution < -0.4 is 0 Å². The summed E-state index contributed by atoms with van der Waals surface area (Å²) in [5.74, 6) is -0.193. The summed E-state index contributed by atoms with van der Waals surface area (Å²) < 4.78 is 29.1. The Morgan fingerprint density at radius 2 is 1.72 bits per heavy atom. The maximum Gasteiger partial charge on any atom is 0.245 e. The van der Waals surface area contributed by atoms with Crippen molar-refractivity contribution in [3.05, 3.63) is 94.3 Å². The van der Waals surface area contributed by atoms with Gasteiger partial charge in [0.15, 0.2) is 0 Å². The molecular weight excluding hydrogens is 490 g/mol. The monoisotopic (exact) mass is 521 g/mol. The number of aromatic nitrogens is 1. The summed E-state index contributed by atoms with van der Waals surface area (Å²) in [7, 11) is -3.97. The van der Waals surface area contributed by atoms with Crippen molar-refractivity contribution in [2.45, 2.75) is 38.8 Å². The van der Waals surface area contributed by atoms with Gasteiger partial charge < -0.3 is 4.90 Å². The van der Waals surface area contributed by atoms with Gasteiger partial charge >= 0.3 is 0 Å². The molecule has 188 valence electrons. The third-order valence-electron chi connectivity index (χ3n) is 5.97. The highest BCUT2D eigenvalue weighted by Gasteiger charge is 2.31. The molecule has 8 heteroatoms. The predicted octanol–water partition coefficient (Wildman–Crippen LogP) is 5.48. The Bertz CT molecular complexity index is 1430. The van der Waals surface area contributed by atoms with Gasteiger partial charge in [0.2, 0.25) is 15.9 Å². The summed E-state index contributed by atoms with van der Waals surface area (Å²) in [5.41, 5.74) is 2.53. The van der Waals surface area contributed by atoms with Crippen molar-refractivity contribution >= 4 is 38.2 Å². The molecular formula is C28H31N3O3S2. The minimum atomic E-state index is -3.97. The first-order valence-corrected chi connectivity index (χ1v) is 14.3. The lowest BCUT2D eigenvalue weighted by atomic mass is 10.2. The molecule has 6 nitrogen and oxygen atoms in total. The van der Waals surface area contributed by atoms with Crippen molar-refractivity contribution in [2.24, 2.45) is 5.92 Å². The van der Waals surface area contributed by atoms with Crippen molar-refractivity contribution in [2.75, 3.05) is 13.1 Å². The number of aryl methyl sites for hydroxylation is 1. The van der Waals surface area contributed by atoms with Gasteiger partial charge in [-0.3, -0.25) is 9.78 Å². The van der Waals surface area contributed by atoms with Crippen LogP contribution in [0.5, 0.6) is 0 Å². The molecule has 0 aliphatic heterocycles. The second-order valence-corrected chi connectivity index (χ2v) is 12.2. The summed E-state index contributed by atoms with van der Waals surface area (Å²) >= 11 is 1.61. The number of amides is 1. The molecule has 4 aromatic rings. The first-order valence-electron chi connectivity index (χ1n) is 11.9. The first-order chi connectivity index (χ1) is 17.3. The molecule has 0 bridgehead atoms. The molecule has 0 N–H and O–H groups in total. The molecule has 2 aromatic carbocycles. The van der Waals surface area contributed by atoms with Gasteiger partial charge in [-0.2, -0.15) is 4.31 Å². The van der Waals surface area contributed by atoms with Gasteiger partial charge in [-0.15, -0.1) is 11.3 Å². The summed E-state index contributed by atoms with van der Waals surface area (Å²) in [6, 6.07) is 20.6. The number of pyridine rings is 1. The van der Waals surface area contributed by atoms with E-state index in [0.29, 0.717) is 18.6 Å². The second kappa shape index (κ2) is 11.3. The minimum absolute atomic E-state index is 0.0395. The molecule has 0 unspecified atom stereocenters. The molecule has 0 saturated carbocycles. The second-order valence-electron chi connectivity index (χ2n) is 9.28. The van der Waals surface area contributed by atoms with Crippen molar-refractivity contribution < 1.29 is 13.2 Å². The number of hydrogen-bond donors (Lipinski definition) is 0. The van der Waals surface area contributed by atoms with Crippen molar-refractivity contribution in [3.8, 4) is 0 Å². The van der Waals surface area contributed by atoms with E-state index < -0.39 is 10.0 Å². The number of hydrogen-bond acceptors (Lipinski definition) is 5. The fourth-order valence-electron chi connectivity index (χ4n) is 4.10. The van der Waals surface area contributed by atoms with Crippen LogP contribution >= 0.6 is 11.3 Å². The quantitative estimate of drug-likeness (QED) is 0.277. The zero-order valence-corrected chi connectivity index (χ0v) is 22.4. The minimum Gasteiger partial charge on any atom is -0.332 e. The molecule has 0 radical (unpaired) electrons. The zero-order chi connectivity index (χ0) is 25.7. The Morgan fingerprint density at radius 3 is 2.42 bits per heavy atom. The molecule has 0 fully saturated rings. The smallest absolute Gasteiger partial charge is 0.245 e. The summed E-state index contributed by atoms with van der Waals surface area (Å²) in [6.45, 7) is 6.76. The Labute approximate surface area is 217 Å². The van der Waals surface area contributed by atoms with Crippen LogP contribution in [0.1, 0.15) is 29.9 Å². The average Bonchev–Trinajstić information content (AvgIpc) is 3.27. The van der Waals surface area contributed by atoms with Crippen molar-refractivity contribution in [1.82, 2.24) is 14.2 Å². The van der Waals surface area contributed by atoms with Crippen LogP contribution in [0, 0.1) is 12.8 Å². The molecule has 0 saturated heterocycles. The van der Waals surface area contributed by atoms with E-state index >= 15 is 0 Å². The molecule has 4 rings (SSSR count). The normalized spacial score (nSPS) is 11.9. The molecule has 1 amide bonds. The highest BCUT2D eigenvalue weighted by molar-refractivity contribution is 7.89.